The Hall–Kier alpha value is -3.96. The van der Waals surface area contributed by atoms with Gasteiger partial charge in [-0.3, -0.25) is 4.40 Å². The highest BCUT2D eigenvalue weighted by molar-refractivity contribution is 5.95. The van der Waals surface area contributed by atoms with E-state index in [9.17, 15) is 0 Å². The SMILES string of the molecule is Cc1nnc2n(CCCN3CCC(=C4c5ccccc5C=Cc5ccccc54)CC3)c3ccccc3n12. The molecule has 0 amide bonds. The van der Waals surface area contributed by atoms with Gasteiger partial charge >= 0.3 is 0 Å². The van der Waals surface area contributed by atoms with Crippen molar-refractivity contribution in [2.24, 2.45) is 0 Å². The Morgan fingerprint density at radius 3 is 2.03 bits per heavy atom. The number of aromatic nitrogens is 4. The molecule has 1 saturated heterocycles. The predicted octanol–water partition coefficient (Wildman–Crippen LogP) is 6.46. The van der Waals surface area contributed by atoms with Gasteiger partial charge in [-0.05, 0) is 72.7 Å². The fourth-order valence-electron chi connectivity index (χ4n) is 6.21. The molecule has 2 aromatic heterocycles. The summed E-state index contributed by atoms with van der Waals surface area (Å²) in [6.07, 6.45) is 7.89. The first-order valence-electron chi connectivity index (χ1n) is 13.4. The molecular weight excluding hydrogens is 454 g/mol. The van der Waals surface area contributed by atoms with Gasteiger partial charge < -0.3 is 9.47 Å². The lowest BCUT2D eigenvalue weighted by Gasteiger charge is -2.30. The van der Waals surface area contributed by atoms with E-state index in [0.717, 1.165) is 57.0 Å². The zero-order valence-electron chi connectivity index (χ0n) is 21.3. The molecule has 0 spiro atoms. The highest BCUT2D eigenvalue weighted by Crippen LogP contribution is 2.38. The monoisotopic (exact) mass is 485 g/mol. The molecule has 1 aliphatic heterocycles. The van der Waals surface area contributed by atoms with Crippen LogP contribution >= 0.6 is 0 Å². The number of likely N-dealkylation sites (tertiary alicyclic amines) is 1. The van der Waals surface area contributed by atoms with Crippen molar-refractivity contribution >= 4 is 34.5 Å². The maximum Gasteiger partial charge on any atom is 0.236 e. The van der Waals surface area contributed by atoms with E-state index in [2.05, 4.69) is 109 Å². The van der Waals surface area contributed by atoms with Crippen LogP contribution in [0.25, 0.3) is 34.5 Å². The van der Waals surface area contributed by atoms with Crippen molar-refractivity contribution in [3.05, 3.63) is 106 Å². The molecular formula is C32H31N5. The smallest absolute Gasteiger partial charge is 0.236 e. The molecule has 5 aromatic rings. The normalized spacial score (nSPS) is 15.8. The van der Waals surface area contributed by atoms with E-state index in [4.69, 9.17) is 0 Å². The lowest BCUT2D eigenvalue weighted by molar-refractivity contribution is 0.250. The minimum Gasteiger partial charge on any atom is -0.308 e. The number of hydrogen-bond donors (Lipinski definition) is 0. The summed E-state index contributed by atoms with van der Waals surface area (Å²) in [7, 11) is 0. The standard InChI is InChI=1S/C32H31N5/c1-23-33-34-32-36(29-13-6-7-14-30(29)37(23)32)20-8-19-35-21-17-26(18-22-35)31-27-11-4-2-9-24(27)15-16-25-10-3-5-12-28(25)31/h2-7,9-16H,8,17-22H2,1H3. The molecule has 1 fully saturated rings. The summed E-state index contributed by atoms with van der Waals surface area (Å²) >= 11 is 0. The van der Waals surface area contributed by atoms with Gasteiger partial charge in [-0.15, -0.1) is 10.2 Å². The second-order valence-corrected chi connectivity index (χ2v) is 10.2. The highest BCUT2D eigenvalue weighted by Gasteiger charge is 2.22. The van der Waals surface area contributed by atoms with Crippen LogP contribution in [0.5, 0.6) is 0 Å². The first-order valence-corrected chi connectivity index (χ1v) is 13.4. The van der Waals surface area contributed by atoms with E-state index in [1.807, 2.05) is 6.92 Å². The van der Waals surface area contributed by atoms with Crippen molar-refractivity contribution in [2.75, 3.05) is 19.6 Å². The van der Waals surface area contributed by atoms with Crippen molar-refractivity contribution in [1.29, 1.82) is 0 Å². The van der Waals surface area contributed by atoms with Gasteiger partial charge in [0, 0.05) is 19.6 Å². The lowest BCUT2D eigenvalue weighted by atomic mass is 9.86. The molecule has 3 heterocycles. The fraction of sp³-hybridized carbons (Fsp3) is 0.250. The first-order chi connectivity index (χ1) is 18.3. The van der Waals surface area contributed by atoms with E-state index < -0.39 is 0 Å². The first kappa shape index (κ1) is 22.3. The van der Waals surface area contributed by atoms with Crippen LogP contribution in [-0.2, 0) is 6.54 Å². The molecule has 0 unspecified atom stereocenters. The van der Waals surface area contributed by atoms with Crippen molar-refractivity contribution in [2.45, 2.75) is 32.7 Å². The maximum absolute atomic E-state index is 4.48. The number of para-hydroxylation sites is 2. The predicted molar refractivity (Wildman–Crippen MR) is 151 cm³/mol. The van der Waals surface area contributed by atoms with E-state index in [-0.39, 0.29) is 0 Å². The van der Waals surface area contributed by atoms with Crippen molar-refractivity contribution in [1.82, 2.24) is 24.1 Å². The third-order valence-corrected chi connectivity index (χ3v) is 8.03. The fourth-order valence-corrected chi connectivity index (χ4v) is 6.21. The van der Waals surface area contributed by atoms with Crippen LogP contribution < -0.4 is 0 Å². The molecule has 7 rings (SSSR count). The van der Waals surface area contributed by atoms with Gasteiger partial charge in [-0.1, -0.05) is 78.4 Å². The molecule has 184 valence electrons. The number of benzene rings is 3. The molecule has 0 saturated carbocycles. The van der Waals surface area contributed by atoms with Crippen molar-refractivity contribution in [3.8, 4) is 0 Å². The van der Waals surface area contributed by atoms with Crippen molar-refractivity contribution in [3.63, 3.8) is 0 Å². The minimum atomic E-state index is 0.943. The van der Waals surface area contributed by atoms with Gasteiger partial charge in [0.1, 0.15) is 5.82 Å². The number of imidazole rings is 1. The molecule has 0 N–H and O–H groups in total. The highest BCUT2D eigenvalue weighted by atomic mass is 15.3. The number of hydrogen-bond acceptors (Lipinski definition) is 3. The van der Waals surface area contributed by atoms with E-state index >= 15 is 0 Å². The maximum atomic E-state index is 4.48. The molecule has 0 atom stereocenters. The molecule has 5 nitrogen and oxygen atoms in total. The average Bonchev–Trinajstić information content (AvgIpc) is 3.41. The zero-order chi connectivity index (χ0) is 24.8. The van der Waals surface area contributed by atoms with Gasteiger partial charge in [0.2, 0.25) is 5.78 Å². The van der Waals surface area contributed by atoms with E-state index in [0.29, 0.717) is 0 Å². The second kappa shape index (κ2) is 9.16. The molecule has 2 aliphatic rings. The zero-order valence-corrected chi connectivity index (χ0v) is 21.3. The molecule has 37 heavy (non-hydrogen) atoms. The quantitative estimate of drug-likeness (QED) is 0.287. The summed E-state index contributed by atoms with van der Waals surface area (Å²) < 4.78 is 4.51. The minimum absolute atomic E-state index is 0.943. The number of nitrogens with zero attached hydrogens (tertiary/aromatic N) is 5. The van der Waals surface area contributed by atoms with Crippen LogP contribution in [0, 0.1) is 6.92 Å². The number of fused-ring (bicyclic) bond motifs is 5. The van der Waals surface area contributed by atoms with Gasteiger partial charge in [-0.2, -0.15) is 0 Å². The van der Waals surface area contributed by atoms with Gasteiger partial charge in [0.15, 0.2) is 0 Å². The Bertz CT molecular complexity index is 1620. The van der Waals surface area contributed by atoms with Crippen LogP contribution in [0.1, 0.15) is 47.3 Å². The Balaban J connectivity index is 1.10. The van der Waals surface area contributed by atoms with Crippen LogP contribution in [0.2, 0.25) is 0 Å². The topological polar surface area (TPSA) is 38.4 Å². The summed E-state index contributed by atoms with van der Waals surface area (Å²) in [5, 5.41) is 8.81. The summed E-state index contributed by atoms with van der Waals surface area (Å²) in [5.41, 5.74) is 10.9. The van der Waals surface area contributed by atoms with Crippen LogP contribution in [0.3, 0.4) is 0 Å². The summed E-state index contributed by atoms with van der Waals surface area (Å²) in [4.78, 5) is 2.63. The summed E-state index contributed by atoms with van der Waals surface area (Å²) in [6.45, 7) is 6.30. The van der Waals surface area contributed by atoms with Gasteiger partial charge in [0.05, 0.1) is 11.0 Å². The van der Waals surface area contributed by atoms with Crippen LogP contribution in [0.4, 0.5) is 0 Å². The molecule has 1 aliphatic carbocycles. The summed E-state index contributed by atoms with van der Waals surface area (Å²) in [6, 6.07) is 26.3. The number of rotatable bonds is 4. The van der Waals surface area contributed by atoms with Gasteiger partial charge in [0.25, 0.3) is 0 Å². The van der Waals surface area contributed by atoms with E-state index in [1.54, 1.807) is 5.57 Å². The Morgan fingerprint density at radius 2 is 1.32 bits per heavy atom. The van der Waals surface area contributed by atoms with Gasteiger partial charge in [-0.25, -0.2) is 0 Å². The molecule has 3 aromatic carbocycles. The third kappa shape index (κ3) is 3.82. The van der Waals surface area contributed by atoms with Crippen LogP contribution in [0.15, 0.2) is 78.4 Å². The third-order valence-electron chi connectivity index (χ3n) is 8.03. The van der Waals surface area contributed by atoms with Crippen molar-refractivity contribution < 1.29 is 0 Å². The Kier molecular flexibility index (Phi) is 5.51. The molecule has 0 radical (unpaired) electrons. The second-order valence-electron chi connectivity index (χ2n) is 10.2. The number of aryl methyl sites for hydroxylation is 2. The molecule has 0 bridgehead atoms. The number of piperidine rings is 1. The summed E-state index contributed by atoms with van der Waals surface area (Å²) in [5.74, 6) is 1.89. The Labute approximate surface area is 217 Å². The molecule has 5 heteroatoms. The average molecular weight is 486 g/mol. The largest absolute Gasteiger partial charge is 0.308 e. The Morgan fingerprint density at radius 1 is 0.703 bits per heavy atom. The van der Waals surface area contributed by atoms with E-state index in [1.165, 1.54) is 38.9 Å². The lowest BCUT2D eigenvalue weighted by Crippen LogP contribution is -2.32. The van der Waals surface area contributed by atoms with Crippen LogP contribution in [-0.4, -0.2) is 43.7 Å².